The van der Waals surface area contributed by atoms with E-state index in [1.165, 1.54) is 4.90 Å². The number of nitrogens with two attached hydrogens (primary N) is 2. The Hall–Kier alpha value is -10.3. The number of carboxylic acid groups (broad SMARTS) is 1. The summed E-state index contributed by atoms with van der Waals surface area (Å²) >= 11 is 0. The van der Waals surface area contributed by atoms with E-state index in [1.807, 2.05) is 140 Å². The largest absolute Gasteiger partial charge is 0.481 e. The lowest BCUT2D eigenvalue weighted by Gasteiger charge is -2.30. The minimum Gasteiger partial charge on any atom is -0.481 e. The van der Waals surface area contributed by atoms with Gasteiger partial charge in [-0.1, -0.05) is 98.5 Å². The van der Waals surface area contributed by atoms with Gasteiger partial charge in [0.05, 0.1) is 45.0 Å². The van der Waals surface area contributed by atoms with Crippen LogP contribution >= 0.6 is 0 Å². The van der Waals surface area contributed by atoms with Gasteiger partial charge in [-0.2, -0.15) is 9.97 Å². The van der Waals surface area contributed by atoms with Crippen molar-refractivity contribution in [3.05, 3.63) is 121 Å². The number of primary amides is 1. The Bertz CT molecular complexity index is 4810. The minimum atomic E-state index is -3.98. The summed E-state index contributed by atoms with van der Waals surface area (Å²) < 4.78 is 72.2. The summed E-state index contributed by atoms with van der Waals surface area (Å²) in [5.41, 5.74) is 13.8. The second kappa shape index (κ2) is 34.6. The molecule has 0 radical (unpaired) electrons. The molecule has 10 atom stereocenters. The number of carbonyl (C=O) groups is 8. The van der Waals surface area contributed by atoms with Gasteiger partial charge < -0.3 is 67.5 Å². The molecule has 4 saturated carbocycles. The molecule has 14 rings (SSSR count). The molecule has 113 heavy (non-hydrogen) atoms. The number of sulfonamides is 2. The number of nitrogens with zero attached hydrogens (tertiary/aromatic N) is 6. The number of rotatable bonds is 17. The van der Waals surface area contributed by atoms with Crippen molar-refractivity contribution in [2.24, 2.45) is 17.6 Å². The lowest BCUT2D eigenvalue weighted by atomic mass is 10.0. The number of benzene rings is 4. The van der Waals surface area contributed by atoms with Crippen LogP contribution in [0.5, 0.6) is 12.0 Å². The number of ether oxygens (including phenoxy) is 2. The number of fused-ring (bicyclic) bond motifs is 6. The molecule has 610 valence electrons. The van der Waals surface area contributed by atoms with Crippen LogP contribution in [0.3, 0.4) is 0 Å². The number of hydrogen-bond acceptors (Lipinski definition) is 20. The number of allylic oxidation sites excluding steroid dienone is 2. The number of aliphatic carboxylic acids is 1. The normalized spacial score (nSPS) is 26.5. The first-order valence-corrected chi connectivity index (χ1v) is 41.9. The average molecular weight is 1600 g/mol. The van der Waals surface area contributed by atoms with Crippen molar-refractivity contribution < 1.29 is 74.9 Å². The number of nitrogens with one attached hydrogen (secondary N) is 7. The maximum atomic E-state index is 14.7. The van der Waals surface area contributed by atoms with E-state index in [0.717, 1.165) is 82.3 Å². The van der Waals surface area contributed by atoms with Crippen LogP contribution in [0.25, 0.3) is 22.1 Å². The van der Waals surface area contributed by atoms with Gasteiger partial charge >= 0.3 is 6.03 Å². The number of para-hydroxylation sites is 4. The van der Waals surface area contributed by atoms with Crippen molar-refractivity contribution in [2.45, 2.75) is 233 Å². The molecule has 4 aliphatic heterocycles. The van der Waals surface area contributed by atoms with Gasteiger partial charge in [0.25, 0.3) is 29.8 Å². The van der Waals surface area contributed by atoms with E-state index < -0.39 is 119 Å². The Labute approximate surface area is 658 Å². The molecule has 8 amide bonds. The van der Waals surface area contributed by atoms with E-state index in [9.17, 15) is 50.4 Å². The lowest BCUT2D eigenvalue weighted by molar-refractivity contribution is -0.140. The molecule has 6 aromatic rings. The Morgan fingerprint density at radius 1 is 0.575 bits per heavy atom. The van der Waals surface area contributed by atoms with Crippen molar-refractivity contribution in [1.82, 2.24) is 49.0 Å². The Morgan fingerprint density at radius 3 is 1.37 bits per heavy atom. The highest BCUT2D eigenvalue weighted by Crippen LogP contribution is 2.50. The monoisotopic (exact) mass is 1600 g/mol. The fraction of sp³-hybridized carbons (Fsp3) is 0.525. The number of aliphatic hydroxyl groups excluding tert-OH is 1. The number of carbonyl (C=O) groups excluding carboxylic acids is 7. The number of urea groups is 1. The summed E-state index contributed by atoms with van der Waals surface area (Å²) in [6, 6.07) is 26.2. The van der Waals surface area contributed by atoms with Crippen LogP contribution in [-0.4, -0.2) is 181 Å². The second-order valence-corrected chi connectivity index (χ2v) is 36.0. The van der Waals surface area contributed by atoms with Crippen molar-refractivity contribution >= 4 is 112 Å². The molecule has 2 aromatic heterocycles. The molecule has 4 aliphatic carbocycles. The molecule has 4 aromatic carbocycles. The van der Waals surface area contributed by atoms with Crippen molar-refractivity contribution in [3.8, 4) is 12.0 Å². The van der Waals surface area contributed by atoms with Gasteiger partial charge in [0, 0.05) is 62.2 Å². The molecule has 2 saturated heterocycles. The first kappa shape index (κ1) is 83.6. The second-order valence-electron chi connectivity index (χ2n) is 31.6. The van der Waals surface area contributed by atoms with Gasteiger partial charge in [-0.3, -0.25) is 52.1 Å². The number of aliphatic hydroxyl groups is 1. The zero-order chi connectivity index (χ0) is 81.5. The molecule has 8 aliphatic rings. The fourth-order valence-electron chi connectivity index (χ4n) is 15.3. The third-order valence-corrected chi connectivity index (χ3v) is 26.7. The quantitative estimate of drug-likeness (QED) is 0.0301. The SMILES string of the molecule is CC(=O)O.CC(C)n1c(O[C@@H]2C[C@H]3C(=O)N[C@]4(C(=O)NS(=O)(=O)C5(C)CC5)C[C@H]4/C=C\CCCCC[C@H](Nc4ccccc4)C(=O)N3C2)nc2c(N)cccc21.CC(C)n1c(O[C@@H]2C[C@H]3C(=O)N[C@]4(C(=O)NS(=O)(=O)C5(C)CC5)C[C@H]4/C=C\CCCCC[C@H](Nc4ccccc4)C(=O)N3C2)nc2c(NC(N)=O)cccc21.CO. The highest BCUT2D eigenvalue weighted by atomic mass is 32.2. The number of carboxylic acids is 1. The van der Waals surface area contributed by atoms with Gasteiger partial charge in [-0.05, 0) is 167 Å². The van der Waals surface area contributed by atoms with Crippen LogP contribution in [0.4, 0.5) is 27.5 Å². The van der Waals surface area contributed by atoms with Crippen molar-refractivity contribution in [1.29, 1.82) is 0 Å². The van der Waals surface area contributed by atoms with E-state index in [4.69, 9.17) is 45.9 Å². The van der Waals surface area contributed by atoms with E-state index in [2.05, 4.69) is 36.0 Å². The predicted molar refractivity (Wildman–Crippen MR) is 428 cm³/mol. The number of anilines is 4. The molecule has 31 nitrogen and oxygen atoms in total. The maximum Gasteiger partial charge on any atom is 0.316 e. The highest BCUT2D eigenvalue weighted by molar-refractivity contribution is 7.92. The van der Waals surface area contributed by atoms with Crippen LogP contribution in [0.15, 0.2) is 121 Å². The molecule has 0 unspecified atom stereocenters. The summed E-state index contributed by atoms with van der Waals surface area (Å²) in [4.78, 5) is 119. The Kier molecular flexibility index (Phi) is 25.6. The Balaban J connectivity index is 0.000000209. The standard InChI is InChI=1S/C39H50N8O7S.C38H49N7O6S.C2H4O2.CH4O/c1-24(2)47-30-18-12-17-28(42-36(40)51)32(30)43-37(47)54-27-21-31-33(48)44-39(35(50)45-55(52,53)38(3)19-20-38)22-25(39)13-8-5-4-6-11-16-29(34(49)46(31)23-27)41-26-14-9-7-10-15-26;1-24(2)45-30-18-12-16-28(39)32(30)41-36(45)51-27-21-31-33(46)42-38(35(48)43-52(49,50)37(3)19-20-37)22-25(38)13-8-5-4-6-11-17-29(34(47)44(31)23-27)40-26-14-9-7-10-15-26;1-2(3)4;1-2/h7-10,12-15,17-18,24-25,27,29,31,41H,4-6,11,16,19-23H2,1-3H3,(H,44,48)(H,45,50)(H3,40,42,51);7-10,12-16,18,24-25,27,29,31,40H,4-6,11,17,19-23,39H2,1-3H3,(H,42,46)(H,43,48);1H3,(H,3,4);2H,1H3/b2*13-8-;;/t25-,27-,29+,31+,39-;25-,27-,29+,31+,38-;;/m11../s1. The minimum absolute atomic E-state index is 0.0227. The van der Waals surface area contributed by atoms with Crippen LogP contribution in [0.2, 0.25) is 0 Å². The summed E-state index contributed by atoms with van der Waals surface area (Å²) in [6.07, 6.45) is 16.7. The first-order valence-electron chi connectivity index (χ1n) is 38.9. The smallest absolute Gasteiger partial charge is 0.316 e. The van der Waals surface area contributed by atoms with Gasteiger partial charge in [0.1, 0.15) is 58.5 Å². The summed E-state index contributed by atoms with van der Waals surface area (Å²) in [6.45, 7) is 12.4. The zero-order valence-electron chi connectivity index (χ0n) is 65.2. The highest BCUT2D eigenvalue weighted by Gasteiger charge is 2.65. The number of aromatic nitrogens is 4. The molecule has 6 fully saturated rings. The predicted octanol–water partition coefficient (Wildman–Crippen LogP) is 8.45. The number of imidazole rings is 2. The topological polar surface area (TPSA) is 442 Å². The van der Waals surface area contributed by atoms with Crippen LogP contribution < -0.4 is 57.0 Å². The maximum absolute atomic E-state index is 14.7. The Morgan fingerprint density at radius 2 is 0.973 bits per heavy atom. The molecule has 33 heteroatoms. The van der Waals surface area contributed by atoms with E-state index >= 15 is 0 Å². The van der Waals surface area contributed by atoms with Crippen molar-refractivity contribution in [2.75, 3.05) is 41.9 Å². The van der Waals surface area contributed by atoms with E-state index in [-0.39, 0.29) is 74.6 Å². The molecular weight excluding hydrogens is 1490 g/mol. The molecule has 6 heterocycles. The molecule has 13 N–H and O–H groups in total. The van der Waals surface area contributed by atoms with Gasteiger partial charge in [0.2, 0.25) is 43.7 Å². The average Bonchev–Trinajstić information content (AvgIpc) is 1.58. The van der Waals surface area contributed by atoms with E-state index in [1.54, 1.807) is 36.9 Å². The van der Waals surface area contributed by atoms with Gasteiger partial charge in [0.15, 0.2) is 0 Å². The van der Waals surface area contributed by atoms with Crippen molar-refractivity contribution in [3.63, 3.8) is 0 Å². The summed E-state index contributed by atoms with van der Waals surface area (Å²) in [5.74, 6) is -4.79. The third kappa shape index (κ3) is 18.8. The third-order valence-electron chi connectivity index (χ3n) is 22.4. The zero-order valence-corrected chi connectivity index (χ0v) is 66.9. The van der Waals surface area contributed by atoms with Crippen LogP contribution in [0.1, 0.15) is 176 Å². The lowest BCUT2D eigenvalue weighted by Crippen LogP contribution is -2.58. The summed E-state index contributed by atoms with van der Waals surface area (Å²) in [5, 5.41) is 29.7. The van der Waals surface area contributed by atoms with Crippen LogP contribution in [-0.2, 0) is 53.6 Å². The van der Waals surface area contributed by atoms with Crippen LogP contribution in [0, 0.1) is 11.8 Å². The number of amides is 8. The van der Waals surface area contributed by atoms with E-state index in [0.29, 0.717) is 72.5 Å². The molecule has 0 spiro atoms. The number of nitrogen functional groups attached to an aromatic ring is 1. The fourth-order valence-corrected chi connectivity index (χ4v) is 17.9. The molecule has 0 bridgehead atoms. The van der Waals surface area contributed by atoms with Gasteiger partial charge in [-0.15, -0.1) is 0 Å². The molecular formula is C80H107N15O16S2. The van der Waals surface area contributed by atoms with Gasteiger partial charge in [-0.25, -0.2) is 21.6 Å². The number of hydrogen-bond donors (Lipinski definition) is 11. The summed E-state index contributed by atoms with van der Waals surface area (Å²) in [7, 11) is -6.92. The first-order chi connectivity index (χ1) is 53.8.